The minimum Gasteiger partial charge on any atom is -0.480 e. The molecule has 21 heavy (non-hydrogen) atoms. The number of rotatable bonds is 10. The van der Waals surface area contributed by atoms with Crippen molar-refractivity contribution in [3.05, 3.63) is 0 Å². The van der Waals surface area contributed by atoms with E-state index in [0.29, 0.717) is 13.2 Å². The van der Waals surface area contributed by atoms with Crippen LogP contribution < -0.4 is 11.1 Å². The summed E-state index contributed by atoms with van der Waals surface area (Å²) < 4.78 is 4.97. The highest BCUT2D eigenvalue weighted by Gasteiger charge is 2.27. The van der Waals surface area contributed by atoms with Crippen LogP contribution >= 0.6 is 0 Å². The topological polar surface area (TPSA) is 122 Å². The number of urea groups is 1. The van der Waals surface area contributed by atoms with E-state index in [-0.39, 0.29) is 6.04 Å². The van der Waals surface area contributed by atoms with E-state index >= 15 is 0 Å². The highest BCUT2D eigenvalue weighted by molar-refractivity contribution is 5.87. The predicted octanol–water partition coefficient (Wildman–Crippen LogP) is 0.162. The molecule has 0 rings (SSSR count). The second-order valence-corrected chi connectivity index (χ2v) is 4.67. The van der Waals surface area contributed by atoms with Crippen molar-refractivity contribution in [1.82, 2.24) is 10.2 Å². The lowest BCUT2D eigenvalue weighted by atomic mass is 10.1. The Labute approximate surface area is 124 Å². The third-order valence-electron chi connectivity index (χ3n) is 3.18. The number of hydrogen-bond donors (Lipinski definition) is 3. The van der Waals surface area contributed by atoms with Crippen molar-refractivity contribution in [3.63, 3.8) is 0 Å². The maximum atomic E-state index is 12.2. The number of aliphatic carboxylic acids is 1. The number of primary amides is 1. The number of methoxy groups -OCH3 is 1. The van der Waals surface area contributed by atoms with E-state index in [1.807, 2.05) is 13.8 Å². The smallest absolute Gasteiger partial charge is 0.326 e. The molecule has 0 aliphatic carbocycles. The SMILES string of the molecule is CCC(CC)N(CCOC)C(=O)N[C@H](CC(N)=O)C(=O)O. The molecule has 0 radical (unpaired) electrons. The van der Waals surface area contributed by atoms with Crippen LogP contribution in [0.25, 0.3) is 0 Å². The van der Waals surface area contributed by atoms with Crippen molar-refractivity contribution in [2.45, 2.75) is 45.2 Å². The molecule has 0 aliphatic heterocycles. The fourth-order valence-electron chi connectivity index (χ4n) is 2.00. The van der Waals surface area contributed by atoms with Gasteiger partial charge >= 0.3 is 12.0 Å². The van der Waals surface area contributed by atoms with Crippen molar-refractivity contribution < 1.29 is 24.2 Å². The minimum absolute atomic E-state index is 0.0248. The molecule has 0 aromatic heterocycles. The fraction of sp³-hybridized carbons (Fsp3) is 0.769. The van der Waals surface area contributed by atoms with Crippen molar-refractivity contribution in [2.24, 2.45) is 5.73 Å². The molecule has 3 amide bonds. The first-order valence-electron chi connectivity index (χ1n) is 6.94. The lowest BCUT2D eigenvalue weighted by Crippen LogP contribution is -2.52. The van der Waals surface area contributed by atoms with E-state index in [2.05, 4.69) is 5.32 Å². The minimum atomic E-state index is -1.32. The Bertz CT molecular complexity index is 358. The summed E-state index contributed by atoms with van der Waals surface area (Å²) in [7, 11) is 1.52. The lowest BCUT2D eigenvalue weighted by molar-refractivity contribution is -0.141. The van der Waals surface area contributed by atoms with Crippen molar-refractivity contribution in [1.29, 1.82) is 0 Å². The van der Waals surface area contributed by atoms with Gasteiger partial charge < -0.3 is 25.8 Å². The van der Waals surface area contributed by atoms with Crippen molar-refractivity contribution in [3.8, 4) is 0 Å². The summed E-state index contributed by atoms with van der Waals surface area (Å²) in [6, 6.07) is -1.88. The van der Waals surface area contributed by atoms with Gasteiger partial charge in [0, 0.05) is 19.7 Å². The van der Waals surface area contributed by atoms with E-state index in [9.17, 15) is 14.4 Å². The van der Waals surface area contributed by atoms with Crippen molar-refractivity contribution >= 4 is 17.9 Å². The summed E-state index contributed by atoms with van der Waals surface area (Å²) in [6.45, 7) is 4.58. The molecule has 0 saturated carbocycles. The first-order valence-corrected chi connectivity index (χ1v) is 6.94. The summed E-state index contributed by atoms with van der Waals surface area (Å²) in [4.78, 5) is 35.7. The second-order valence-electron chi connectivity index (χ2n) is 4.67. The molecule has 0 spiro atoms. The highest BCUT2D eigenvalue weighted by Crippen LogP contribution is 2.09. The number of carbonyl (C=O) groups is 3. The zero-order valence-corrected chi connectivity index (χ0v) is 12.8. The van der Waals surface area contributed by atoms with Crippen LogP contribution in [-0.4, -0.2) is 60.3 Å². The number of carbonyl (C=O) groups excluding carboxylic acids is 2. The standard InChI is InChI=1S/C13H25N3O5/c1-4-9(5-2)16(6-7-21-3)13(20)15-10(12(18)19)8-11(14)17/h9-10H,4-8H2,1-3H3,(H2,14,17)(H,15,20)(H,18,19)/t10-/m1/s1. The number of carboxylic acids is 1. The molecule has 0 unspecified atom stereocenters. The Hall–Kier alpha value is -1.83. The van der Waals surface area contributed by atoms with Crippen LogP contribution in [0.4, 0.5) is 4.79 Å². The van der Waals surface area contributed by atoms with E-state index in [4.69, 9.17) is 15.6 Å². The molecule has 0 aromatic rings. The quantitative estimate of drug-likeness (QED) is 0.530. The molecule has 1 atom stereocenters. The predicted molar refractivity (Wildman–Crippen MR) is 76.7 cm³/mol. The highest BCUT2D eigenvalue weighted by atomic mass is 16.5. The third-order valence-corrected chi connectivity index (χ3v) is 3.18. The Morgan fingerprint density at radius 3 is 2.24 bits per heavy atom. The first-order chi connectivity index (χ1) is 9.87. The molecule has 8 nitrogen and oxygen atoms in total. The van der Waals surface area contributed by atoms with Gasteiger partial charge in [-0.25, -0.2) is 9.59 Å². The fourth-order valence-corrected chi connectivity index (χ4v) is 2.00. The number of hydrogen-bond acceptors (Lipinski definition) is 4. The number of nitrogens with two attached hydrogens (primary N) is 1. The lowest BCUT2D eigenvalue weighted by Gasteiger charge is -2.31. The van der Waals surface area contributed by atoms with Crippen LogP contribution in [-0.2, 0) is 14.3 Å². The second kappa shape index (κ2) is 9.98. The zero-order valence-electron chi connectivity index (χ0n) is 12.8. The molecule has 8 heteroatoms. The van der Waals surface area contributed by atoms with E-state index in [0.717, 1.165) is 12.8 Å². The summed E-state index contributed by atoms with van der Waals surface area (Å²) in [5.41, 5.74) is 4.99. The molecule has 0 fully saturated rings. The molecule has 0 saturated heterocycles. The van der Waals surface area contributed by atoms with Gasteiger partial charge in [-0.3, -0.25) is 4.79 Å². The van der Waals surface area contributed by atoms with Gasteiger partial charge in [-0.2, -0.15) is 0 Å². The Morgan fingerprint density at radius 1 is 1.29 bits per heavy atom. The largest absolute Gasteiger partial charge is 0.480 e. The Balaban J connectivity index is 4.91. The molecular formula is C13H25N3O5. The molecule has 122 valence electrons. The molecule has 4 N–H and O–H groups in total. The van der Waals surface area contributed by atoms with Gasteiger partial charge in [-0.15, -0.1) is 0 Å². The molecular weight excluding hydrogens is 278 g/mol. The van der Waals surface area contributed by atoms with Crippen LogP contribution in [0.15, 0.2) is 0 Å². The van der Waals surface area contributed by atoms with Gasteiger partial charge in [-0.1, -0.05) is 13.8 Å². The van der Waals surface area contributed by atoms with Crippen molar-refractivity contribution in [2.75, 3.05) is 20.3 Å². The Kier molecular flexibility index (Phi) is 9.11. The molecule has 0 heterocycles. The van der Waals surface area contributed by atoms with Gasteiger partial charge in [0.1, 0.15) is 6.04 Å². The van der Waals surface area contributed by atoms with Gasteiger partial charge in [0.25, 0.3) is 0 Å². The normalized spacial score (nSPS) is 12.0. The monoisotopic (exact) mass is 303 g/mol. The van der Waals surface area contributed by atoms with Crippen LogP contribution in [0.5, 0.6) is 0 Å². The summed E-state index contributed by atoms with van der Waals surface area (Å²) in [5.74, 6) is -2.08. The molecule has 0 aromatic carbocycles. The van der Waals surface area contributed by atoms with Crippen LogP contribution in [0.2, 0.25) is 0 Å². The van der Waals surface area contributed by atoms with Crippen LogP contribution in [0.3, 0.4) is 0 Å². The van der Waals surface area contributed by atoms with E-state index in [1.165, 1.54) is 12.0 Å². The van der Waals surface area contributed by atoms with E-state index < -0.39 is 30.4 Å². The number of amides is 3. The number of nitrogens with one attached hydrogen (secondary N) is 1. The summed E-state index contributed by atoms with van der Waals surface area (Å²) in [6.07, 6.45) is 1.03. The number of nitrogens with zero attached hydrogens (tertiary/aromatic N) is 1. The molecule has 0 aliphatic rings. The average molecular weight is 303 g/mol. The summed E-state index contributed by atoms with van der Waals surface area (Å²) in [5, 5.41) is 11.4. The van der Waals surface area contributed by atoms with Gasteiger partial charge in [0.05, 0.1) is 13.0 Å². The van der Waals surface area contributed by atoms with Gasteiger partial charge in [0.15, 0.2) is 0 Å². The number of carboxylic acid groups (broad SMARTS) is 1. The first kappa shape index (κ1) is 19.2. The van der Waals surface area contributed by atoms with E-state index in [1.54, 1.807) is 0 Å². The van der Waals surface area contributed by atoms with Crippen LogP contribution in [0.1, 0.15) is 33.1 Å². The van der Waals surface area contributed by atoms with Crippen LogP contribution in [0, 0.1) is 0 Å². The third kappa shape index (κ3) is 6.94. The average Bonchev–Trinajstić information content (AvgIpc) is 2.41. The number of ether oxygens (including phenoxy) is 1. The zero-order chi connectivity index (χ0) is 16.4. The van der Waals surface area contributed by atoms with Gasteiger partial charge in [-0.05, 0) is 12.8 Å². The maximum absolute atomic E-state index is 12.2. The Morgan fingerprint density at radius 2 is 1.86 bits per heavy atom. The summed E-state index contributed by atoms with van der Waals surface area (Å²) >= 11 is 0. The maximum Gasteiger partial charge on any atom is 0.326 e. The molecule has 0 bridgehead atoms. The van der Waals surface area contributed by atoms with Gasteiger partial charge in [0.2, 0.25) is 5.91 Å².